The first-order valence-corrected chi connectivity index (χ1v) is 7.48. The molecule has 2 unspecified atom stereocenters. The molecule has 1 aromatic rings. The third kappa shape index (κ3) is 3.09. The lowest BCUT2D eigenvalue weighted by Crippen LogP contribution is -2.20. The second kappa shape index (κ2) is 6.40. The van der Waals surface area contributed by atoms with E-state index in [1.165, 1.54) is 0 Å². The van der Waals surface area contributed by atoms with Crippen molar-refractivity contribution < 1.29 is 19.5 Å². The number of esters is 1. The number of nitrogens with one attached hydrogen (secondary N) is 1. The second-order valence-corrected chi connectivity index (χ2v) is 5.99. The van der Waals surface area contributed by atoms with Crippen molar-refractivity contribution in [2.24, 2.45) is 5.92 Å². The van der Waals surface area contributed by atoms with E-state index in [-0.39, 0.29) is 12.0 Å². The SMILES string of the molecule is CC1=C(C(=O)Oc2cc(C(C)C)ccc2NO)C(C)C(C)O1. The van der Waals surface area contributed by atoms with E-state index in [0.717, 1.165) is 5.56 Å². The fraction of sp³-hybridized carbons (Fsp3) is 0.471. The van der Waals surface area contributed by atoms with Gasteiger partial charge in [0.25, 0.3) is 0 Å². The zero-order valence-corrected chi connectivity index (χ0v) is 13.6. The molecule has 1 aliphatic rings. The summed E-state index contributed by atoms with van der Waals surface area (Å²) in [6.07, 6.45) is -0.0417. The molecule has 22 heavy (non-hydrogen) atoms. The van der Waals surface area contributed by atoms with Gasteiger partial charge in [0.15, 0.2) is 5.75 Å². The zero-order valence-electron chi connectivity index (χ0n) is 13.6. The Kier molecular flexibility index (Phi) is 4.76. The van der Waals surface area contributed by atoms with Gasteiger partial charge >= 0.3 is 5.97 Å². The van der Waals surface area contributed by atoms with E-state index in [9.17, 15) is 10.0 Å². The summed E-state index contributed by atoms with van der Waals surface area (Å²) < 4.78 is 11.1. The lowest BCUT2D eigenvalue weighted by atomic mass is 9.98. The number of benzene rings is 1. The van der Waals surface area contributed by atoms with Crippen LogP contribution in [0.5, 0.6) is 5.75 Å². The van der Waals surface area contributed by atoms with Gasteiger partial charge in [-0.25, -0.2) is 4.79 Å². The van der Waals surface area contributed by atoms with Gasteiger partial charge in [0.05, 0.1) is 5.57 Å². The highest BCUT2D eigenvalue weighted by atomic mass is 16.5. The standard InChI is InChI=1S/C17H23NO4/c1-9(2)13-6-7-14(18-20)15(8-13)22-17(19)16-10(3)11(4)21-12(16)5/h6-11,18,20H,1-5H3. The van der Waals surface area contributed by atoms with E-state index in [1.807, 2.05) is 33.8 Å². The molecule has 1 aromatic carbocycles. The molecule has 0 saturated carbocycles. The van der Waals surface area contributed by atoms with Crippen LogP contribution in [0.15, 0.2) is 29.5 Å². The van der Waals surface area contributed by atoms with Crippen molar-refractivity contribution in [3.63, 3.8) is 0 Å². The highest BCUT2D eigenvalue weighted by Gasteiger charge is 2.34. The van der Waals surface area contributed by atoms with Crippen LogP contribution in [-0.4, -0.2) is 17.3 Å². The minimum Gasteiger partial charge on any atom is -0.494 e. The van der Waals surface area contributed by atoms with E-state index in [1.54, 1.807) is 19.1 Å². The number of carbonyl (C=O) groups is 1. The predicted molar refractivity (Wildman–Crippen MR) is 84.0 cm³/mol. The first-order chi connectivity index (χ1) is 10.3. The maximum atomic E-state index is 12.5. The average molecular weight is 305 g/mol. The van der Waals surface area contributed by atoms with Gasteiger partial charge in [-0.3, -0.25) is 10.7 Å². The van der Waals surface area contributed by atoms with Crippen molar-refractivity contribution in [2.75, 3.05) is 5.48 Å². The van der Waals surface area contributed by atoms with Crippen LogP contribution in [0.4, 0.5) is 5.69 Å². The normalized spacial score (nSPS) is 21.0. The Bertz CT molecular complexity index is 607. The van der Waals surface area contributed by atoms with E-state index < -0.39 is 5.97 Å². The Morgan fingerprint density at radius 2 is 2.05 bits per heavy atom. The van der Waals surface area contributed by atoms with Crippen molar-refractivity contribution in [2.45, 2.75) is 46.6 Å². The van der Waals surface area contributed by atoms with Gasteiger partial charge in [0.1, 0.15) is 17.6 Å². The topological polar surface area (TPSA) is 67.8 Å². The molecule has 0 aliphatic carbocycles. The molecule has 2 N–H and O–H groups in total. The molecule has 0 saturated heterocycles. The Hall–Kier alpha value is -2.01. The third-order valence-electron chi connectivity index (χ3n) is 4.12. The Morgan fingerprint density at radius 3 is 2.55 bits per heavy atom. The summed E-state index contributed by atoms with van der Waals surface area (Å²) in [5.41, 5.74) is 3.99. The van der Waals surface area contributed by atoms with Gasteiger partial charge < -0.3 is 9.47 Å². The van der Waals surface area contributed by atoms with Crippen LogP contribution in [0.1, 0.15) is 46.1 Å². The van der Waals surface area contributed by atoms with Gasteiger partial charge in [0, 0.05) is 5.92 Å². The van der Waals surface area contributed by atoms with Gasteiger partial charge in [-0.2, -0.15) is 0 Å². The molecular weight excluding hydrogens is 282 g/mol. The van der Waals surface area contributed by atoms with Crippen LogP contribution in [0.3, 0.4) is 0 Å². The number of allylic oxidation sites excluding steroid dienone is 1. The molecule has 0 aromatic heterocycles. The molecule has 5 heteroatoms. The van der Waals surface area contributed by atoms with Gasteiger partial charge in [-0.1, -0.05) is 26.8 Å². The number of anilines is 1. The quantitative estimate of drug-likeness (QED) is 0.502. The molecular formula is C17H23NO4. The number of rotatable bonds is 4. The Morgan fingerprint density at radius 1 is 1.36 bits per heavy atom. The number of ether oxygens (including phenoxy) is 2. The van der Waals surface area contributed by atoms with Crippen molar-refractivity contribution in [1.82, 2.24) is 0 Å². The van der Waals surface area contributed by atoms with Crippen LogP contribution in [-0.2, 0) is 9.53 Å². The summed E-state index contributed by atoms with van der Waals surface area (Å²) in [6, 6.07) is 5.34. The summed E-state index contributed by atoms with van der Waals surface area (Å²) in [7, 11) is 0. The molecule has 5 nitrogen and oxygen atoms in total. The highest BCUT2D eigenvalue weighted by molar-refractivity contribution is 5.92. The Balaban J connectivity index is 2.28. The van der Waals surface area contributed by atoms with Crippen LogP contribution < -0.4 is 10.2 Å². The van der Waals surface area contributed by atoms with Crippen LogP contribution in [0, 0.1) is 5.92 Å². The Labute approximate surface area is 130 Å². The number of carbonyl (C=O) groups excluding carboxylic acids is 1. The van der Waals surface area contributed by atoms with Gasteiger partial charge in [-0.15, -0.1) is 0 Å². The first kappa shape index (κ1) is 16.4. The zero-order chi connectivity index (χ0) is 16.4. The smallest absolute Gasteiger partial charge is 0.343 e. The van der Waals surface area contributed by atoms with Gasteiger partial charge in [-0.05, 0) is 37.5 Å². The van der Waals surface area contributed by atoms with Gasteiger partial charge in [0.2, 0.25) is 0 Å². The van der Waals surface area contributed by atoms with E-state index >= 15 is 0 Å². The molecule has 120 valence electrons. The number of hydrogen-bond acceptors (Lipinski definition) is 5. The average Bonchev–Trinajstić information content (AvgIpc) is 2.71. The molecule has 1 heterocycles. The predicted octanol–water partition coefficient (Wildman–Crippen LogP) is 3.85. The molecule has 0 amide bonds. The summed E-state index contributed by atoms with van der Waals surface area (Å²) in [5, 5.41) is 9.19. The first-order valence-electron chi connectivity index (χ1n) is 7.48. The summed E-state index contributed by atoms with van der Waals surface area (Å²) in [4.78, 5) is 12.5. The minimum atomic E-state index is -0.438. The summed E-state index contributed by atoms with van der Waals surface area (Å²) in [6.45, 7) is 9.73. The summed E-state index contributed by atoms with van der Waals surface area (Å²) >= 11 is 0. The molecule has 0 radical (unpaired) electrons. The molecule has 1 aliphatic heterocycles. The minimum absolute atomic E-state index is 0.0219. The van der Waals surface area contributed by atoms with Crippen molar-refractivity contribution in [3.05, 3.63) is 35.1 Å². The van der Waals surface area contributed by atoms with Crippen LogP contribution in [0.2, 0.25) is 0 Å². The lowest BCUT2D eigenvalue weighted by molar-refractivity contribution is -0.130. The highest BCUT2D eigenvalue weighted by Crippen LogP contribution is 2.34. The van der Waals surface area contributed by atoms with E-state index in [0.29, 0.717) is 28.7 Å². The van der Waals surface area contributed by atoms with Crippen molar-refractivity contribution >= 4 is 11.7 Å². The van der Waals surface area contributed by atoms with Crippen LogP contribution in [0.25, 0.3) is 0 Å². The summed E-state index contributed by atoms with van der Waals surface area (Å²) in [5.74, 6) is 0.743. The molecule has 2 atom stereocenters. The van der Waals surface area contributed by atoms with Crippen molar-refractivity contribution in [3.8, 4) is 5.75 Å². The fourth-order valence-corrected chi connectivity index (χ4v) is 2.56. The fourth-order valence-electron chi connectivity index (χ4n) is 2.56. The maximum Gasteiger partial charge on any atom is 0.343 e. The molecule has 0 fully saturated rings. The molecule has 2 rings (SSSR count). The third-order valence-corrected chi connectivity index (χ3v) is 4.12. The maximum absolute atomic E-state index is 12.5. The van der Waals surface area contributed by atoms with Crippen molar-refractivity contribution in [1.29, 1.82) is 0 Å². The second-order valence-electron chi connectivity index (χ2n) is 5.99. The van der Waals surface area contributed by atoms with Crippen LogP contribution >= 0.6 is 0 Å². The van der Waals surface area contributed by atoms with E-state index in [2.05, 4.69) is 5.48 Å². The molecule has 0 bridgehead atoms. The number of hydrogen-bond donors (Lipinski definition) is 2. The largest absolute Gasteiger partial charge is 0.494 e. The molecule has 0 spiro atoms. The lowest BCUT2D eigenvalue weighted by Gasteiger charge is -2.15. The monoisotopic (exact) mass is 305 g/mol. The van der Waals surface area contributed by atoms with E-state index in [4.69, 9.17) is 9.47 Å².